The van der Waals surface area contributed by atoms with E-state index in [0.29, 0.717) is 0 Å². The van der Waals surface area contributed by atoms with Crippen LogP contribution in [0.5, 0.6) is 0 Å². The molecular formula is C20H20BrN3. The van der Waals surface area contributed by atoms with Gasteiger partial charge in [-0.15, -0.1) is 0 Å². The number of hydrogen-bond donors (Lipinski definition) is 0. The molecule has 0 radical (unpaired) electrons. The monoisotopic (exact) mass is 381 g/mol. The number of aromatic nitrogens is 1. The summed E-state index contributed by atoms with van der Waals surface area (Å²) in [6, 6.07) is 19.2. The Balaban J connectivity index is 1.62. The van der Waals surface area contributed by atoms with Gasteiger partial charge in [-0.3, -0.25) is 0 Å². The molecule has 0 aliphatic carbocycles. The van der Waals surface area contributed by atoms with E-state index in [2.05, 4.69) is 87.3 Å². The number of pyridine rings is 1. The van der Waals surface area contributed by atoms with E-state index >= 15 is 0 Å². The zero-order chi connectivity index (χ0) is 16.5. The Kier molecular flexibility index (Phi) is 4.15. The first kappa shape index (κ1) is 15.5. The molecule has 24 heavy (non-hydrogen) atoms. The summed E-state index contributed by atoms with van der Waals surface area (Å²) in [4.78, 5) is 9.72. The highest BCUT2D eigenvalue weighted by atomic mass is 79.9. The molecule has 0 spiro atoms. The minimum atomic E-state index is 0.993. The second-order valence-electron chi connectivity index (χ2n) is 6.23. The summed E-state index contributed by atoms with van der Waals surface area (Å²) >= 11 is 3.67. The molecule has 1 aliphatic heterocycles. The number of fused-ring (bicyclic) bond motifs is 1. The average Bonchev–Trinajstić information content (AvgIpc) is 2.63. The van der Waals surface area contributed by atoms with Gasteiger partial charge >= 0.3 is 0 Å². The molecule has 4 heteroatoms. The third-order valence-electron chi connectivity index (χ3n) is 4.63. The van der Waals surface area contributed by atoms with E-state index < -0.39 is 0 Å². The maximum absolute atomic E-state index is 4.85. The second-order valence-corrected chi connectivity index (χ2v) is 7.09. The number of anilines is 2. The van der Waals surface area contributed by atoms with Crippen molar-refractivity contribution < 1.29 is 0 Å². The SMILES string of the molecule is Cc1cc2c(Br)cccc2c(N2CCN(c3ccccc3)CC2)n1. The maximum Gasteiger partial charge on any atom is 0.136 e. The van der Waals surface area contributed by atoms with Gasteiger partial charge in [-0.1, -0.05) is 46.3 Å². The molecule has 4 rings (SSSR count). The minimum Gasteiger partial charge on any atom is -0.368 e. The van der Waals surface area contributed by atoms with Gasteiger partial charge in [0, 0.05) is 52.8 Å². The molecule has 3 aromatic rings. The van der Waals surface area contributed by atoms with Crippen molar-refractivity contribution in [2.75, 3.05) is 36.0 Å². The van der Waals surface area contributed by atoms with Gasteiger partial charge in [0.2, 0.25) is 0 Å². The molecule has 0 amide bonds. The molecule has 1 fully saturated rings. The molecule has 122 valence electrons. The Morgan fingerprint density at radius 1 is 0.833 bits per heavy atom. The molecule has 0 bridgehead atoms. The van der Waals surface area contributed by atoms with E-state index in [4.69, 9.17) is 4.98 Å². The highest BCUT2D eigenvalue weighted by Crippen LogP contribution is 2.31. The van der Waals surface area contributed by atoms with Gasteiger partial charge in [-0.05, 0) is 31.2 Å². The fraction of sp³-hybridized carbons (Fsp3) is 0.250. The number of hydrogen-bond acceptors (Lipinski definition) is 3. The number of para-hydroxylation sites is 1. The smallest absolute Gasteiger partial charge is 0.136 e. The Labute approximate surface area is 151 Å². The standard InChI is InChI=1S/C20H20BrN3/c1-15-14-18-17(8-5-9-19(18)21)20(22-15)24-12-10-23(11-13-24)16-6-3-2-4-7-16/h2-9,14H,10-13H2,1H3. The topological polar surface area (TPSA) is 19.4 Å². The van der Waals surface area contributed by atoms with Crippen LogP contribution in [0.4, 0.5) is 11.5 Å². The molecule has 0 unspecified atom stereocenters. The third kappa shape index (κ3) is 2.86. The van der Waals surface area contributed by atoms with Gasteiger partial charge in [0.15, 0.2) is 0 Å². The molecule has 1 aromatic heterocycles. The summed E-state index contributed by atoms with van der Waals surface area (Å²) in [5.41, 5.74) is 2.37. The minimum absolute atomic E-state index is 0.993. The van der Waals surface area contributed by atoms with Crippen LogP contribution in [-0.4, -0.2) is 31.2 Å². The van der Waals surface area contributed by atoms with Crippen molar-refractivity contribution in [3.05, 3.63) is 64.8 Å². The van der Waals surface area contributed by atoms with Crippen LogP contribution in [0, 0.1) is 6.92 Å². The van der Waals surface area contributed by atoms with Gasteiger partial charge in [0.25, 0.3) is 0 Å². The number of benzene rings is 2. The largest absolute Gasteiger partial charge is 0.368 e. The van der Waals surface area contributed by atoms with Crippen LogP contribution in [0.3, 0.4) is 0 Å². The molecule has 2 heterocycles. The van der Waals surface area contributed by atoms with Gasteiger partial charge in [-0.2, -0.15) is 0 Å². The van der Waals surface area contributed by atoms with Crippen LogP contribution in [-0.2, 0) is 0 Å². The zero-order valence-electron chi connectivity index (χ0n) is 13.7. The van der Waals surface area contributed by atoms with Crippen LogP contribution >= 0.6 is 15.9 Å². The number of nitrogens with zero attached hydrogens (tertiary/aromatic N) is 3. The molecule has 1 aliphatic rings. The summed E-state index contributed by atoms with van der Waals surface area (Å²) in [7, 11) is 0. The fourth-order valence-electron chi connectivity index (χ4n) is 3.40. The molecule has 1 saturated heterocycles. The molecular weight excluding hydrogens is 362 g/mol. The van der Waals surface area contributed by atoms with Crippen molar-refractivity contribution in [3.8, 4) is 0 Å². The van der Waals surface area contributed by atoms with Gasteiger partial charge in [-0.25, -0.2) is 4.98 Å². The van der Waals surface area contributed by atoms with Crippen LogP contribution in [0.2, 0.25) is 0 Å². The predicted octanol–water partition coefficient (Wildman–Crippen LogP) is 4.63. The average molecular weight is 382 g/mol. The second kappa shape index (κ2) is 6.44. The number of piperazine rings is 1. The first-order chi connectivity index (χ1) is 11.7. The predicted molar refractivity (Wildman–Crippen MR) is 105 cm³/mol. The molecule has 3 nitrogen and oxygen atoms in total. The van der Waals surface area contributed by atoms with Crippen molar-refractivity contribution in [2.24, 2.45) is 0 Å². The lowest BCUT2D eigenvalue weighted by atomic mass is 10.1. The normalized spacial score (nSPS) is 15.1. The Morgan fingerprint density at radius 2 is 1.54 bits per heavy atom. The van der Waals surface area contributed by atoms with Crippen molar-refractivity contribution >= 4 is 38.2 Å². The van der Waals surface area contributed by atoms with Crippen LogP contribution in [0.15, 0.2) is 59.1 Å². The Morgan fingerprint density at radius 3 is 2.29 bits per heavy atom. The van der Waals surface area contributed by atoms with Crippen LogP contribution in [0.1, 0.15) is 5.69 Å². The van der Waals surface area contributed by atoms with E-state index in [0.717, 1.165) is 42.2 Å². The lowest BCUT2D eigenvalue weighted by Crippen LogP contribution is -2.47. The van der Waals surface area contributed by atoms with Crippen molar-refractivity contribution in [3.63, 3.8) is 0 Å². The van der Waals surface area contributed by atoms with Gasteiger partial charge in [0.05, 0.1) is 0 Å². The first-order valence-electron chi connectivity index (χ1n) is 8.33. The zero-order valence-corrected chi connectivity index (χ0v) is 15.3. The van der Waals surface area contributed by atoms with E-state index in [-0.39, 0.29) is 0 Å². The van der Waals surface area contributed by atoms with Crippen LogP contribution < -0.4 is 9.80 Å². The molecule has 0 atom stereocenters. The highest BCUT2D eigenvalue weighted by Gasteiger charge is 2.20. The van der Waals surface area contributed by atoms with Gasteiger partial charge < -0.3 is 9.80 Å². The maximum atomic E-state index is 4.85. The third-order valence-corrected chi connectivity index (χ3v) is 5.32. The van der Waals surface area contributed by atoms with Crippen molar-refractivity contribution in [1.29, 1.82) is 0 Å². The fourth-order valence-corrected chi connectivity index (χ4v) is 3.88. The van der Waals surface area contributed by atoms with E-state index in [9.17, 15) is 0 Å². The highest BCUT2D eigenvalue weighted by molar-refractivity contribution is 9.10. The molecule has 2 aromatic carbocycles. The number of halogens is 1. The van der Waals surface area contributed by atoms with Crippen molar-refractivity contribution in [1.82, 2.24) is 4.98 Å². The number of rotatable bonds is 2. The van der Waals surface area contributed by atoms with Crippen molar-refractivity contribution in [2.45, 2.75) is 6.92 Å². The lowest BCUT2D eigenvalue weighted by molar-refractivity contribution is 0.649. The van der Waals surface area contributed by atoms with Crippen LogP contribution in [0.25, 0.3) is 10.8 Å². The Bertz CT molecular complexity index is 855. The first-order valence-corrected chi connectivity index (χ1v) is 9.12. The molecule has 0 saturated carbocycles. The summed E-state index contributed by atoms with van der Waals surface area (Å²) in [5.74, 6) is 1.11. The van der Waals surface area contributed by atoms with Gasteiger partial charge in [0.1, 0.15) is 5.82 Å². The number of aryl methyl sites for hydroxylation is 1. The summed E-state index contributed by atoms with van der Waals surface area (Å²) < 4.78 is 1.13. The summed E-state index contributed by atoms with van der Waals surface area (Å²) in [6.45, 7) is 6.10. The summed E-state index contributed by atoms with van der Waals surface area (Å²) in [5, 5.41) is 2.47. The van der Waals surface area contributed by atoms with E-state index in [1.807, 2.05) is 0 Å². The lowest BCUT2D eigenvalue weighted by Gasteiger charge is -2.37. The quantitative estimate of drug-likeness (QED) is 0.644. The van der Waals surface area contributed by atoms with E-state index in [1.54, 1.807) is 0 Å². The Hall–Kier alpha value is -2.07. The summed E-state index contributed by atoms with van der Waals surface area (Å²) in [6.07, 6.45) is 0. The molecule has 0 N–H and O–H groups in total. The van der Waals surface area contributed by atoms with E-state index in [1.165, 1.54) is 16.5 Å².